The number of hydrogen-bond acceptors (Lipinski definition) is 4. The maximum absolute atomic E-state index is 12.2. The predicted octanol–water partition coefficient (Wildman–Crippen LogP) is 0.528. The Hall–Kier alpha value is -1.43. The van der Waals surface area contributed by atoms with Crippen LogP contribution in [0.2, 0.25) is 0 Å². The number of carbonyl (C=O) groups excluding carboxylic acids is 1. The zero-order valence-electron chi connectivity index (χ0n) is 10.9. The minimum Gasteiger partial charge on any atom is -0.338 e. The molecule has 0 atom stereocenters. The van der Waals surface area contributed by atoms with Crippen LogP contribution in [-0.4, -0.2) is 38.4 Å². The van der Waals surface area contributed by atoms with Gasteiger partial charge in [-0.3, -0.25) is 4.79 Å². The summed E-state index contributed by atoms with van der Waals surface area (Å²) in [5.74, 6) is 0.138. The first-order chi connectivity index (χ1) is 8.74. The number of rotatable bonds is 7. The molecule has 1 aliphatic carbocycles. The Kier molecular flexibility index (Phi) is 4.30. The number of hydrogen-bond donors (Lipinski definition) is 1. The summed E-state index contributed by atoms with van der Waals surface area (Å²) in [6, 6.07) is 0.460. The van der Waals surface area contributed by atoms with Crippen molar-refractivity contribution in [1.29, 1.82) is 0 Å². The first-order valence-electron chi connectivity index (χ1n) is 6.63. The number of aromatic nitrogens is 3. The van der Waals surface area contributed by atoms with Gasteiger partial charge in [0.1, 0.15) is 6.54 Å². The van der Waals surface area contributed by atoms with Crippen LogP contribution in [0.3, 0.4) is 0 Å². The van der Waals surface area contributed by atoms with Crippen molar-refractivity contribution in [2.45, 2.75) is 51.7 Å². The van der Waals surface area contributed by atoms with E-state index in [1.54, 1.807) is 10.9 Å². The highest BCUT2D eigenvalue weighted by Gasteiger charge is 2.32. The Morgan fingerprint density at radius 3 is 2.94 bits per heavy atom. The third-order valence-corrected chi connectivity index (χ3v) is 3.15. The summed E-state index contributed by atoms with van der Waals surface area (Å²) >= 11 is 0. The average Bonchev–Trinajstić information content (AvgIpc) is 3.10. The largest absolute Gasteiger partial charge is 0.338 e. The maximum atomic E-state index is 12.2. The second-order valence-corrected chi connectivity index (χ2v) is 4.78. The van der Waals surface area contributed by atoms with E-state index in [9.17, 15) is 4.79 Å². The van der Waals surface area contributed by atoms with Crippen LogP contribution in [0.1, 0.15) is 38.3 Å². The zero-order chi connectivity index (χ0) is 13.0. The molecule has 100 valence electrons. The Balaban J connectivity index is 1.91. The van der Waals surface area contributed by atoms with Gasteiger partial charge in [-0.2, -0.15) is 0 Å². The van der Waals surface area contributed by atoms with Crippen LogP contribution >= 0.6 is 0 Å². The molecule has 6 heteroatoms. The molecule has 0 spiro atoms. The molecule has 1 aromatic rings. The van der Waals surface area contributed by atoms with Gasteiger partial charge in [0.25, 0.3) is 0 Å². The quantitative estimate of drug-likeness (QED) is 0.766. The third-order valence-electron chi connectivity index (χ3n) is 3.15. The number of nitrogens with zero attached hydrogens (tertiary/aromatic N) is 4. The van der Waals surface area contributed by atoms with E-state index in [1.807, 2.05) is 4.90 Å². The topological polar surface area (TPSA) is 77.0 Å². The lowest BCUT2D eigenvalue weighted by Crippen LogP contribution is -2.36. The van der Waals surface area contributed by atoms with Gasteiger partial charge in [-0.15, -0.1) is 5.10 Å². The Morgan fingerprint density at radius 1 is 1.61 bits per heavy atom. The lowest BCUT2D eigenvalue weighted by molar-refractivity contribution is -0.132. The molecule has 0 radical (unpaired) electrons. The van der Waals surface area contributed by atoms with E-state index in [0.717, 1.165) is 32.2 Å². The fourth-order valence-corrected chi connectivity index (χ4v) is 1.96. The van der Waals surface area contributed by atoms with Crippen LogP contribution in [0.4, 0.5) is 0 Å². The van der Waals surface area contributed by atoms with Crippen LogP contribution in [0.15, 0.2) is 6.20 Å². The van der Waals surface area contributed by atoms with Crippen molar-refractivity contribution in [2.24, 2.45) is 5.73 Å². The fraction of sp³-hybridized carbons (Fsp3) is 0.750. The predicted molar refractivity (Wildman–Crippen MR) is 67.6 cm³/mol. The summed E-state index contributed by atoms with van der Waals surface area (Å²) < 4.78 is 1.58. The van der Waals surface area contributed by atoms with E-state index in [-0.39, 0.29) is 12.5 Å². The van der Waals surface area contributed by atoms with Crippen LogP contribution in [-0.2, 0) is 17.9 Å². The number of amides is 1. The van der Waals surface area contributed by atoms with Gasteiger partial charge in [0, 0.05) is 19.1 Å². The molecular weight excluding hydrogens is 230 g/mol. The molecule has 6 nitrogen and oxygen atoms in total. The minimum absolute atomic E-state index is 0.138. The Labute approximate surface area is 107 Å². The summed E-state index contributed by atoms with van der Waals surface area (Å²) in [7, 11) is 0. The second kappa shape index (κ2) is 5.95. The van der Waals surface area contributed by atoms with Crippen molar-refractivity contribution in [3.05, 3.63) is 11.9 Å². The lowest BCUT2D eigenvalue weighted by atomic mass is 10.3. The Bertz CT molecular complexity index is 399. The smallest absolute Gasteiger partial charge is 0.244 e. The molecule has 1 heterocycles. The number of unbranched alkanes of at least 4 members (excludes halogenated alkanes) is 1. The van der Waals surface area contributed by atoms with Gasteiger partial charge >= 0.3 is 0 Å². The van der Waals surface area contributed by atoms with Crippen molar-refractivity contribution in [1.82, 2.24) is 19.9 Å². The van der Waals surface area contributed by atoms with Gasteiger partial charge in [-0.05, 0) is 19.3 Å². The Morgan fingerprint density at radius 2 is 2.39 bits per heavy atom. The summed E-state index contributed by atoms with van der Waals surface area (Å²) in [6.07, 6.45) is 6.19. The van der Waals surface area contributed by atoms with Gasteiger partial charge < -0.3 is 10.6 Å². The molecule has 0 aliphatic heterocycles. The molecule has 0 saturated heterocycles. The van der Waals surface area contributed by atoms with Gasteiger partial charge in [0.05, 0.1) is 11.9 Å². The van der Waals surface area contributed by atoms with E-state index in [0.29, 0.717) is 18.3 Å². The molecule has 2 N–H and O–H groups in total. The van der Waals surface area contributed by atoms with Crippen LogP contribution in [0.25, 0.3) is 0 Å². The van der Waals surface area contributed by atoms with E-state index in [2.05, 4.69) is 17.2 Å². The molecule has 18 heavy (non-hydrogen) atoms. The highest BCUT2D eigenvalue weighted by molar-refractivity contribution is 5.76. The molecule has 0 bridgehead atoms. The van der Waals surface area contributed by atoms with Crippen molar-refractivity contribution in [3.8, 4) is 0 Å². The van der Waals surface area contributed by atoms with E-state index < -0.39 is 0 Å². The van der Waals surface area contributed by atoms with Gasteiger partial charge in [-0.1, -0.05) is 18.6 Å². The molecule has 0 unspecified atom stereocenters. The van der Waals surface area contributed by atoms with Crippen LogP contribution in [0, 0.1) is 0 Å². The highest BCUT2D eigenvalue weighted by atomic mass is 16.2. The summed E-state index contributed by atoms with van der Waals surface area (Å²) in [5.41, 5.74) is 6.18. The normalized spacial score (nSPS) is 14.8. The van der Waals surface area contributed by atoms with E-state index in [4.69, 9.17) is 5.73 Å². The molecule has 1 aliphatic rings. The fourth-order valence-electron chi connectivity index (χ4n) is 1.96. The van der Waals surface area contributed by atoms with Gasteiger partial charge in [0.2, 0.25) is 5.91 Å². The SMILES string of the molecule is CCCCN(C(=O)Cn1cc(CN)nn1)C1CC1. The van der Waals surface area contributed by atoms with Gasteiger partial charge in [-0.25, -0.2) is 4.68 Å². The first-order valence-corrected chi connectivity index (χ1v) is 6.63. The average molecular weight is 251 g/mol. The van der Waals surface area contributed by atoms with Crippen molar-refractivity contribution in [2.75, 3.05) is 6.54 Å². The molecule has 1 amide bonds. The highest BCUT2D eigenvalue weighted by Crippen LogP contribution is 2.27. The molecule has 2 rings (SSSR count). The molecule has 1 aromatic heterocycles. The lowest BCUT2D eigenvalue weighted by Gasteiger charge is -2.22. The minimum atomic E-state index is 0.138. The van der Waals surface area contributed by atoms with Crippen molar-refractivity contribution >= 4 is 5.91 Å². The van der Waals surface area contributed by atoms with Crippen LogP contribution < -0.4 is 5.73 Å². The molecular formula is C12H21N5O. The molecule has 1 saturated carbocycles. The standard InChI is InChI=1S/C12H21N5O/c1-2-3-6-17(11-4-5-11)12(18)9-16-8-10(7-13)14-15-16/h8,11H,2-7,9,13H2,1H3. The first kappa shape index (κ1) is 13.0. The van der Waals surface area contributed by atoms with Crippen LogP contribution in [0.5, 0.6) is 0 Å². The van der Waals surface area contributed by atoms with Crippen molar-refractivity contribution < 1.29 is 4.79 Å². The van der Waals surface area contributed by atoms with E-state index >= 15 is 0 Å². The molecule has 0 aromatic carbocycles. The number of nitrogens with two attached hydrogens (primary N) is 1. The summed E-state index contributed by atoms with van der Waals surface area (Å²) in [4.78, 5) is 14.2. The summed E-state index contributed by atoms with van der Waals surface area (Å²) in [5, 5.41) is 7.80. The maximum Gasteiger partial charge on any atom is 0.244 e. The monoisotopic (exact) mass is 251 g/mol. The second-order valence-electron chi connectivity index (χ2n) is 4.78. The number of carbonyl (C=O) groups is 1. The third kappa shape index (κ3) is 3.29. The van der Waals surface area contributed by atoms with Gasteiger partial charge in [0.15, 0.2) is 0 Å². The molecule has 1 fully saturated rings. The zero-order valence-corrected chi connectivity index (χ0v) is 10.9. The van der Waals surface area contributed by atoms with Crippen molar-refractivity contribution in [3.63, 3.8) is 0 Å². The summed E-state index contributed by atoms with van der Waals surface area (Å²) in [6.45, 7) is 3.63. The van der Waals surface area contributed by atoms with E-state index in [1.165, 1.54) is 0 Å².